The smallest absolute Gasteiger partial charge is 0.110 e. The Kier molecular flexibility index (Phi) is 8.35. The first-order chi connectivity index (χ1) is 15.7. The van der Waals surface area contributed by atoms with Crippen LogP contribution in [0.25, 0.3) is 16.3 Å². The highest BCUT2D eigenvalue weighted by atomic mass is 32.1. The Bertz CT molecular complexity index is 1030. The molecule has 5 heteroatoms. The van der Waals surface area contributed by atoms with E-state index < -0.39 is 0 Å². The molecule has 2 aliphatic rings. The van der Waals surface area contributed by atoms with Crippen LogP contribution in [-0.4, -0.2) is 23.0 Å². The molecule has 4 rings (SSSR count). The van der Waals surface area contributed by atoms with E-state index in [9.17, 15) is 0 Å². The molecule has 166 valence electrons. The molecule has 0 spiro atoms. The second kappa shape index (κ2) is 11.4. The highest BCUT2D eigenvalue weighted by Crippen LogP contribution is 2.38. The molecule has 4 nitrogen and oxygen atoms in total. The van der Waals surface area contributed by atoms with Crippen molar-refractivity contribution in [2.45, 2.75) is 39.0 Å². The Morgan fingerprint density at radius 1 is 1.19 bits per heavy atom. The summed E-state index contributed by atoms with van der Waals surface area (Å²) in [4.78, 5) is 8.57. The highest BCUT2D eigenvalue weighted by molar-refractivity contribution is 7.13. The van der Waals surface area contributed by atoms with E-state index >= 15 is 0 Å². The first-order valence-electron chi connectivity index (χ1n) is 11.1. The summed E-state index contributed by atoms with van der Waals surface area (Å²) in [5.41, 5.74) is 13.5. The van der Waals surface area contributed by atoms with Gasteiger partial charge in [-0.25, -0.2) is 4.98 Å². The third-order valence-electron chi connectivity index (χ3n) is 5.55. The number of aromatic nitrogens is 1. The van der Waals surface area contributed by atoms with E-state index in [0.717, 1.165) is 53.6 Å². The zero-order valence-corrected chi connectivity index (χ0v) is 19.6. The number of terminal acetylenes is 1. The second-order valence-corrected chi connectivity index (χ2v) is 8.71. The van der Waals surface area contributed by atoms with Crippen LogP contribution in [0.4, 0.5) is 5.69 Å². The van der Waals surface area contributed by atoms with Crippen LogP contribution < -0.4 is 11.1 Å². The Labute approximate surface area is 196 Å². The van der Waals surface area contributed by atoms with Gasteiger partial charge < -0.3 is 16.0 Å². The normalized spacial score (nSPS) is 16.1. The lowest BCUT2D eigenvalue weighted by Gasteiger charge is -2.31. The zero-order chi connectivity index (χ0) is 22.9. The summed E-state index contributed by atoms with van der Waals surface area (Å²) in [6, 6.07) is 8.12. The number of hydrogen-bond donors (Lipinski definition) is 2. The van der Waals surface area contributed by atoms with Crippen LogP contribution in [0.1, 0.15) is 44.7 Å². The minimum atomic E-state index is 0.700. The predicted octanol–water partition coefficient (Wildman–Crippen LogP) is 6.20. The zero-order valence-electron chi connectivity index (χ0n) is 18.8. The summed E-state index contributed by atoms with van der Waals surface area (Å²) >= 11 is 1.69. The number of hydrogen-bond acceptors (Lipinski definition) is 5. The summed E-state index contributed by atoms with van der Waals surface area (Å²) in [6.07, 6.45) is 20.1. The molecule has 2 aromatic heterocycles. The molecule has 1 aliphatic heterocycles. The van der Waals surface area contributed by atoms with Gasteiger partial charge in [-0.05, 0) is 80.3 Å². The molecule has 2 fully saturated rings. The average Bonchev–Trinajstić information content (AvgIpc) is 3.54. The molecular formula is C27H32N4S. The van der Waals surface area contributed by atoms with Gasteiger partial charge in [-0.3, -0.25) is 0 Å². The number of nitrogen functional groups attached to an aromatic ring is 1. The average molecular weight is 445 g/mol. The largest absolute Gasteiger partial charge is 0.397 e. The quantitative estimate of drug-likeness (QED) is 0.395. The summed E-state index contributed by atoms with van der Waals surface area (Å²) in [5.74, 6) is 0. The SMILES string of the molecule is C#C.C=C/C(NC(=C1CC1)c1nc(-c2cccs2)ccc1N)=C(\C=C/C)N1CCCCC1. The summed E-state index contributed by atoms with van der Waals surface area (Å²) in [7, 11) is 0. The van der Waals surface area contributed by atoms with Gasteiger partial charge in [0.2, 0.25) is 0 Å². The van der Waals surface area contributed by atoms with Crippen molar-refractivity contribution in [3.63, 3.8) is 0 Å². The van der Waals surface area contributed by atoms with Crippen molar-refractivity contribution in [1.29, 1.82) is 0 Å². The molecule has 1 aliphatic carbocycles. The maximum Gasteiger partial charge on any atom is 0.110 e. The molecule has 0 aromatic carbocycles. The lowest BCUT2D eigenvalue weighted by Crippen LogP contribution is -2.31. The molecule has 32 heavy (non-hydrogen) atoms. The Morgan fingerprint density at radius 2 is 1.94 bits per heavy atom. The van der Waals surface area contributed by atoms with Gasteiger partial charge in [0.05, 0.1) is 33.3 Å². The number of piperidine rings is 1. The van der Waals surface area contributed by atoms with Crippen LogP contribution in [0.15, 0.2) is 71.4 Å². The van der Waals surface area contributed by atoms with Crippen molar-refractivity contribution in [1.82, 2.24) is 15.2 Å². The van der Waals surface area contributed by atoms with Gasteiger partial charge in [0.1, 0.15) is 5.69 Å². The lowest BCUT2D eigenvalue weighted by atomic mass is 10.1. The van der Waals surface area contributed by atoms with Gasteiger partial charge in [0.15, 0.2) is 0 Å². The molecule has 0 amide bonds. The van der Waals surface area contributed by atoms with Crippen molar-refractivity contribution in [2.75, 3.05) is 18.8 Å². The number of nitrogens with one attached hydrogen (secondary N) is 1. The first kappa shape index (κ1) is 23.4. The van der Waals surface area contributed by atoms with Crippen molar-refractivity contribution in [3.05, 3.63) is 77.1 Å². The molecule has 3 N–H and O–H groups in total. The maximum absolute atomic E-state index is 6.40. The van der Waals surface area contributed by atoms with E-state index in [0.29, 0.717) is 5.69 Å². The summed E-state index contributed by atoms with van der Waals surface area (Å²) < 4.78 is 0. The van der Waals surface area contributed by atoms with E-state index in [4.69, 9.17) is 10.7 Å². The van der Waals surface area contributed by atoms with E-state index in [1.165, 1.54) is 30.5 Å². The Morgan fingerprint density at radius 3 is 2.53 bits per heavy atom. The number of pyridine rings is 1. The predicted molar refractivity (Wildman–Crippen MR) is 139 cm³/mol. The van der Waals surface area contributed by atoms with E-state index in [2.05, 4.69) is 66.2 Å². The van der Waals surface area contributed by atoms with Crippen LogP contribution in [0.5, 0.6) is 0 Å². The first-order valence-corrected chi connectivity index (χ1v) is 12.0. The van der Waals surface area contributed by atoms with Gasteiger partial charge >= 0.3 is 0 Å². The van der Waals surface area contributed by atoms with Gasteiger partial charge in [-0.15, -0.1) is 24.2 Å². The molecule has 0 bridgehead atoms. The van der Waals surface area contributed by atoms with Gasteiger partial charge in [0, 0.05) is 13.1 Å². The maximum atomic E-state index is 6.40. The number of likely N-dealkylation sites (tertiary alicyclic amines) is 1. The Balaban J connectivity index is 0.00000141. The molecule has 3 heterocycles. The molecule has 0 radical (unpaired) electrons. The summed E-state index contributed by atoms with van der Waals surface area (Å²) in [6.45, 7) is 8.34. The van der Waals surface area contributed by atoms with E-state index in [1.54, 1.807) is 11.3 Å². The number of allylic oxidation sites excluding steroid dienone is 4. The fraction of sp³-hybridized carbons (Fsp3) is 0.296. The van der Waals surface area contributed by atoms with Crippen molar-refractivity contribution in [3.8, 4) is 23.4 Å². The molecule has 0 atom stereocenters. The number of nitrogens with zero attached hydrogens (tertiary/aromatic N) is 2. The van der Waals surface area contributed by atoms with Crippen LogP contribution in [-0.2, 0) is 0 Å². The molecule has 2 aromatic rings. The number of rotatable bonds is 7. The van der Waals surface area contributed by atoms with Crippen molar-refractivity contribution in [2.24, 2.45) is 0 Å². The number of nitrogens with two attached hydrogens (primary N) is 1. The van der Waals surface area contributed by atoms with Gasteiger partial charge in [-0.2, -0.15) is 0 Å². The van der Waals surface area contributed by atoms with Crippen molar-refractivity contribution >= 4 is 22.7 Å². The minimum absolute atomic E-state index is 0.700. The van der Waals surface area contributed by atoms with Crippen LogP contribution in [0.3, 0.4) is 0 Å². The molecule has 0 unspecified atom stereocenters. The Hall–Kier alpha value is -3.23. The monoisotopic (exact) mass is 444 g/mol. The third-order valence-corrected chi connectivity index (χ3v) is 6.44. The minimum Gasteiger partial charge on any atom is -0.397 e. The van der Waals surface area contributed by atoms with Crippen LogP contribution in [0, 0.1) is 12.8 Å². The third kappa shape index (κ3) is 5.52. The van der Waals surface area contributed by atoms with E-state index in [1.807, 2.05) is 18.2 Å². The van der Waals surface area contributed by atoms with Crippen molar-refractivity contribution < 1.29 is 0 Å². The van der Waals surface area contributed by atoms with Crippen LogP contribution in [0.2, 0.25) is 0 Å². The fourth-order valence-electron chi connectivity index (χ4n) is 3.87. The number of anilines is 1. The molecule has 1 saturated carbocycles. The molecular weight excluding hydrogens is 412 g/mol. The molecule has 1 saturated heterocycles. The van der Waals surface area contributed by atoms with Crippen LogP contribution >= 0.6 is 11.3 Å². The second-order valence-electron chi connectivity index (χ2n) is 7.77. The van der Waals surface area contributed by atoms with E-state index in [-0.39, 0.29) is 0 Å². The topological polar surface area (TPSA) is 54.2 Å². The number of thiophene rings is 1. The van der Waals surface area contributed by atoms with Gasteiger partial charge in [0.25, 0.3) is 0 Å². The highest BCUT2D eigenvalue weighted by Gasteiger charge is 2.24. The lowest BCUT2D eigenvalue weighted by molar-refractivity contribution is 0.290. The van der Waals surface area contributed by atoms with Gasteiger partial charge in [-0.1, -0.05) is 18.7 Å². The summed E-state index contributed by atoms with van der Waals surface area (Å²) in [5, 5.41) is 5.76. The standard InChI is InChI=1S/C25H30N4S.C2H2/c1-3-9-22(29-15-6-5-7-16-29)20(4-2)27-24(18-11-12-18)25-19(26)13-14-21(28-25)23-10-8-17-30-23;1-2/h3-4,8-10,13-14,17,27H,2,5-7,11-12,15-16,26H2,1H3;1-2H/b9-3-,22-20-;. The fourth-order valence-corrected chi connectivity index (χ4v) is 4.57.